The molecule has 0 aromatic carbocycles. The first-order valence-corrected chi connectivity index (χ1v) is 27.5. The molecule has 0 fully saturated rings. The largest absolute Gasteiger partial charge is 0.756 e. The van der Waals surface area contributed by atoms with Gasteiger partial charge in [-0.1, -0.05) is 89.9 Å². The summed E-state index contributed by atoms with van der Waals surface area (Å²) < 4.78 is 492. The Kier molecular flexibility index (Phi) is 29.9. The zero-order chi connectivity index (χ0) is 69.8. The highest BCUT2D eigenvalue weighted by Gasteiger charge is 2.97. The zero-order valence-corrected chi connectivity index (χ0v) is 47.1. The highest BCUT2D eigenvalue weighted by Crippen LogP contribution is 2.66. The standard InChI is InChI=1S/C46H62F34NO6P/c1-81(2,3)24-27-86-88(82,83)87-30(28-84-25-20-16-12-8-4-6-10-14-18-22-31(47,48)33(51,52)35(55,56)37(59,60)39(63,64)41(67,68)43(71,72)45(75,76)77)29-85-26-21-17-13-9-5-7-11-15-19-23-32(49,50)34(53,54)36(57,58)38(61,62)40(65,66)42(69,70)44(73,74)46(78,79)80/h30H,4-29H2,1-3H3. The number of hydrogen-bond donors (Lipinski definition) is 0. The summed E-state index contributed by atoms with van der Waals surface area (Å²) in [5, 5.41) is 0. The van der Waals surface area contributed by atoms with Crippen LogP contribution in [0.2, 0.25) is 0 Å². The number of nitrogens with zero attached hydrogens (tertiary/aromatic N) is 1. The molecule has 0 aromatic heterocycles. The molecule has 0 amide bonds. The molecular weight excluding hydrogens is 1340 g/mol. The van der Waals surface area contributed by atoms with Gasteiger partial charge in [-0.15, -0.1) is 0 Å². The fraction of sp³-hybridized carbons (Fsp3) is 1.00. The number of likely N-dealkylation sites (N-methyl/N-ethyl adjacent to an activating group) is 1. The van der Waals surface area contributed by atoms with E-state index in [0.717, 1.165) is 0 Å². The Labute approximate surface area is 480 Å². The van der Waals surface area contributed by atoms with E-state index in [1.807, 2.05) is 0 Å². The third kappa shape index (κ3) is 19.6. The van der Waals surface area contributed by atoms with Gasteiger partial charge in [0.25, 0.3) is 7.82 Å². The molecule has 0 aliphatic heterocycles. The van der Waals surface area contributed by atoms with Gasteiger partial charge in [0, 0.05) is 26.1 Å². The van der Waals surface area contributed by atoms with Gasteiger partial charge in [0.1, 0.15) is 19.3 Å². The normalized spacial score (nSPS) is 16.1. The number of hydrogen-bond acceptors (Lipinski definition) is 6. The van der Waals surface area contributed by atoms with Crippen LogP contribution in [0.3, 0.4) is 0 Å². The predicted octanol–water partition coefficient (Wildman–Crippen LogP) is 18.4. The maximum atomic E-state index is 14.2. The minimum Gasteiger partial charge on any atom is -0.756 e. The molecule has 1 atom stereocenters. The van der Waals surface area contributed by atoms with Gasteiger partial charge in [0.15, 0.2) is 0 Å². The first kappa shape index (κ1) is 85.6. The Morgan fingerprint density at radius 3 is 0.773 bits per heavy atom. The van der Waals surface area contributed by atoms with Gasteiger partial charge < -0.3 is 27.9 Å². The van der Waals surface area contributed by atoms with Crippen molar-refractivity contribution in [2.75, 3.05) is 60.7 Å². The number of unbranched alkanes of at least 4 members (excludes halogenated alkanes) is 16. The Hall–Kier alpha value is -2.39. The first-order chi connectivity index (χ1) is 39.0. The predicted molar refractivity (Wildman–Crippen MR) is 237 cm³/mol. The van der Waals surface area contributed by atoms with Crippen LogP contribution in [0, 0.1) is 0 Å². The maximum absolute atomic E-state index is 14.2. The molecule has 42 heteroatoms. The summed E-state index contributed by atoms with van der Waals surface area (Å²) in [4.78, 5) is 12.5. The molecular formula is C46H62F34NO6P. The molecule has 0 N–H and O–H groups in total. The van der Waals surface area contributed by atoms with Crippen molar-refractivity contribution in [2.45, 2.75) is 230 Å². The van der Waals surface area contributed by atoms with E-state index in [2.05, 4.69) is 0 Å². The van der Waals surface area contributed by atoms with Crippen LogP contribution in [0.4, 0.5) is 149 Å². The zero-order valence-electron chi connectivity index (χ0n) is 46.2. The molecule has 530 valence electrons. The van der Waals surface area contributed by atoms with Crippen molar-refractivity contribution < 1.29 is 182 Å². The number of halogens is 34. The summed E-state index contributed by atoms with van der Waals surface area (Å²) in [6, 6.07) is 0. The number of phosphoric ester groups is 1. The Bertz CT molecular complexity index is 1990. The van der Waals surface area contributed by atoms with E-state index in [1.165, 1.54) is 0 Å². The van der Waals surface area contributed by atoms with Gasteiger partial charge >= 0.3 is 95.3 Å². The molecule has 0 heterocycles. The topological polar surface area (TPSA) is 77.1 Å². The van der Waals surface area contributed by atoms with Gasteiger partial charge in [0.2, 0.25) is 0 Å². The van der Waals surface area contributed by atoms with Crippen molar-refractivity contribution in [3.05, 3.63) is 0 Å². The van der Waals surface area contributed by atoms with Crippen molar-refractivity contribution in [2.24, 2.45) is 0 Å². The highest BCUT2D eigenvalue weighted by molar-refractivity contribution is 7.45. The van der Waals surface area contributed by atoms with Crippen molar-refractivity contribution in [1.82, 2.24) is 0 Å². The van der Waals surface area contributed by atoms with E-state index < -0.39 is 148 Å². The molecule has 1 unspecified atom stereocenters. The van der Waals surface area contributed by atoms with Gasteiger partial charge in [-0.25, -0.2) is 0 Å². The van der Waals surface area contributed by atoms with E-state index in [-0.39, 0.29) is 82.6 Å². The third-order valence-corrected chi connectivity index (χ3v) is 14.1. The van der Waals surface area contributed by atoms with Crippen molar-refractivity contribution >= 4 is 7.82 Å². The van der Waals surface area contributed by atoms with E-state index in [0.29, 0.717) is 51.4 Å². The lowest BCUT2D eigenvalue weighted by atomic mass is 9.87. The molecule has 0 saturated heterocycles. The minimum absolute atomic E-state index is 0.0135. The van der Waals surface area contributed by atoms with Crippen molar-refractivity contribution in [1.29, 1.82) is 0 Å². The number of quaternary nitrogens is 1. The van der Waals surface area contributed by atoms with Crippen LogP contribution in [-0.4, -0.2) is 167 Å². The summed E-state index contributed by atoms with van der Waals surface area (Å²) in [6.07, 6.45) is -21.9. The van der Waals surface area contributed by atoms with Crippen molar-refractivity contribution in [3.8, 4) is 0 Å². The fourth-order valence-corrected chi connectivity index (χ4v) is 8.31. The number of phosphoric acid groups is 1. The van der Waals surface area contributed by atoms with Gasteiger partial charge in [0.05, 0.1) is 34.4 Å². The fourth-order valence-electron chi connectivity index (χ4n) is 7.46. The maximum Gasteiger partial charge on any atom is 0.460 e. The second-order valence-electron chi connectivity index (χ2n) is 21.3. The van der Waals surface area contributed by atoms with Crippen LogP contribution < -0.4 is 4.89 Å². The monoisotopic (exact) mass is 1400 g/mol. The molecule has 0 saturated carbocycles. The summed E-state index contributed by atoms with van der Waals surface area (Å²) in [5.41, 5.74) is 0. The minimum atomic E-state index is -8.71. The second-order valence-corrected chi connectivity index (χ2v) is 22.7. The number of ether oxygens (including phenoxy) is 2. The highest BCUT2D eigenvalue weighted by atomic mass is 31.2. The molecule has 0 aliphatic carbocycles. The van der Waals surface area contributed by atoms with Gasteiger partial charge in [-0.2, -0.15) is 149 Å². The molecule has 0 radical (unpaired) electrons. The lowest BCUT2D eigenvalue weighted by Gasteiger charge is -2.42. The lowest BCUT2D eigenvalue weighted by molar-refractivity contribution is -0.870. The van der Waals surface area contributed by atoms with Crippen LogP contribution in [0.1, 0.15) is 128 Å². The third-order valence-electron chi connectivity index (χ3n) is 13.0. The molecule has 0 bridgehead atoms. The Morgan fingerprint density at radius 1 is 0.318 bits per heavy atom. The number of alkyl halides is 34. The first-order valence-electron chi connectivity index (χ1n) is 26.0. The Morgan fingerprint density at radius 2 is 0.534 bits per heavy atom. The molecule has 7 nitrogen and oxygen atoms in total. The van der Waals surface area contributed by atoms with E-state index in [4.69, 9.17) is 18.5 Å². The molecule has 0 aliphatic rings. The van der Waals surface area contributed by atoms with E-state index >= 15 is 0 Å². The summed E-state index contributed by atoms with van der Waals surface area (Å²) in [5.74, 6) is -113. The van der Waals surface area contributed by atoms with E-state index in [9.17, 15) is 159 Å². The number of rotatable bonds is 46. The molecule has 88 heavy (non-hydrogen) atoms. The average Bonchev–Trinajstić information content (AvgIpc) is 0.759. The SMILES string of the molecule is C[N+](C)(C)CCOP(=O)([O-])OC(COCCCCCCCCCCCC(F)(F)C(F)(F)C(F)(F)C(F)(F)C(F)(F)C(F)(F)C(F)(F)C(F)(F)F)COCCCCCCCCCCCC(F)(F)C(F)(F)C(F)(F)C(F)(F)C(F)(F)C(F)(F)C(F)(F)C(F)(F)F. The van der Waals surface area contributed by atoms with Crippen LogP contribution in [-0.2, 0) is 23.1 Å². The van der Waals surface area contributed by atoms with E-state index in [1.54, 1.807) is 21.1 Å². The molecule has 0 aromatic rings. The van der Waals surface area contributed by atoms with Crippen LogP contribution in [0.15, 0.2) is 0 Å². The summed E-state index contributed by atoms with van der Waals surface area (Å²) in [7, 11) is 0.181. The van der Waals surface area contributed by atoms with Crippen LogP contribution in [0.5, 0.6) is 0 Å². The molecule has 0 rings (SSSR count). The van der Waals surface area contributed by atoms with Crippen LogP contribution in [0.25, 0.3) is 0 Å². The summed E-state index contributed by atoms with van der Waals surface area (Å²) >= 11 is 0. The van der Waals surface area contributed by atoms with Crippen molar-refractivity contribution in [3.63, 3.8) is 0 Å². The molecule has 0 spiro atoms. The van der Waals surface area contributed by atoms with Gasteiger partial charge in [-0.3, -0.25) is 4.57 Å². The smallest absolute Gasteiger partial charge is 0.460 e. The lowest BCUT2D eigenvalue weighted by Crippen LogP contribution is -2.74. The second kappa shape index (κ2) is 30.8. The quantitative estimate of drug-likeness (QED) is 0.0262. The van der Waals surface area contributed by atoms with Crippen LogP contribution >= 0.6 is 7.82 Å². The van der Waals surface area contributed by atoms with Gasteiger partial charge in [-0.05, 0) is 25.7 Å². The summed E-state index contributed by atoms with van der Waals surface area (Å²) in [6.45, 7) is -0.894. The Balaban J connectivity index is 5.01. The average molecular weight is 1400 g/mol.